The van der Waals surface area contributed by atoms with Crippen molar-refractivity contribution in [2.45, 2.75) is 6.92 Å². The maximum atomic E-state index is 12.9. The van der Waals surface area contributed by atoms with Gasteiger partial charge in [-0.15, -0.1) is 0 Å². The second-order valence-corrected chi connectivity index (χ2v) is 2.41. The minimum absolute atomic E-state index is 0.0579. The van der Waals surface area contributed by atoms with E-state index in [1.807, 2.05) is 0 Å². The molecule has 0 radical (unpaired) electrons. The SMILES string of the molecule is C=C(C)c1c(O)cccc1F. The van der Waals surface area contributed by atoms with Crippen LogP contribution in [0.25, 0.3) is 5.57 Å². The van der Waals surface area contributed by atoms with Crippen LogP contribution in [0.5, 0.6) is 5.75 Å². The minimum Gasteiger partial charge on any atom is -0.507 e. The Kier molecular flexibility index (Phi) is 1.94. The van der Waals surface area contributed by atoms with Gasteiger partial charge in [0.25, 0.3) is 0 Å². The molecule has 0 amide bonds. The highest BCUT2D eigenvalue weighted by Gasteiger charge is 2.06. The molecule has 0 bridgehead atoms. The monoisotopic (exact) mass is 152 g/mol. The third kappa shape index (κ3) is 1.40. The molecule has 0 aliphatic heterocycles. The van der Waals surface area contributed by atoms with E-state index in [1.54, 1.807) is 6.92 Å². The molecule has 0 saturated carbocycles. The summed E-state index contributed by atoms with van der Waals surface area (Å²) in [7, 11) is 0. The Bertz CT molecular complexity index is 271. The first kappa shape index (κ1) is 7.79. The summed E-state index contributed by atoms with van der Waals surface area (Å²) in [6.45, 7) is 5.20. The zero-order valence-corrected chi connectivity index (χ0v) is 6.26. The van der Waals surface area contributed by atoms with Crippen LogP contribution in [0.1, 0.15) is 12.5 Å². The van der Waals surface area contributed by atoms with Gasteiger partial charge in [0.15, 0.2) is 0 Å². The molecule has 0 unspecified atom stereocenters. The fraction of sp³-hybridized carbons (Fsp3) is 0.111. The normalized spacial score (nSPS) is 9.64. The number of hydrogen-bond acceptors (Lipinski definition) is 1. The number of allylic oxidation sites excluding steroid dienone is 1. The molecule has 0 fully saturated rings. The summed E-state index contributed by atoms with van der Waals surface area (Å²) in [5.41, 5.74) is 0.730. The summed E-state index contributed by atoms with van der Waals surface area (Å²) in [5, 5.41) is 9.16. The molecule has 0 aliphatic rings. The van der Waals surface area contributed by atoms with E-state index in [0.717, 1.165) is 0 Å². The second kappa shape index (κ2) is 2.74. The van der Waals surface area contributed by atoms with Gasteiger partial charge in [-0.25, -0.2) is 4.39 Å². The number of rotatable bonds is 1. The van der Waals surface area contributed by atoms with E-state index in [2.05, 4.69) is 6.58 Å². The average Bonchev–Trinajstić information content (AvgIpc) is 1.85. The minimum atomic E-state index is -0.433. The molecule has 1 aromatic carbocycles. The zero-order chi connectivity index (χ0) is 8.43. The van der Waals surface area contributed by atoms with Crippen LogP contribution in [0.2, 0.25) is 0 Å². The molecule has 11 heavy (non-hydrogen) atoms. The van der Waals surface area contributed by atoms with Crippen LogP contribution in [0.4, 0.5) is 4.39 Å². The maximum Gasteiger partial charge on any atom is 0.134 e. The summed E-state index contributed by atoms with van der Waals surface area (Å²) in [4.78, 5) is 0. The van der Waals surface area contributed by atoms with Gasteiger partial charge in [-0.1, -0.05) is 12.6 Å². The predicted molar refractivity (Wildman–Crippen MR) is 42.8 cm³/mol. The van der Waals surface area contributed by atoms with Crippen LogP contribution in [-0.4, -0.2) is 5.11 Å². The average molecular weight is 152 g/mol. The summed E-state index contributed by atoms with van der Waals surface area (Å²) in [6.07, 6.45) is 0. The van der Waals surface area contributed by atoms with Crippen molar-refractivity contribution >= 4 is 5.57 Å². The van der Waals surface area contributed by atoms with Gasteiger partial charge in [0, 0.05) is 0 Å². The highest BCUT2D eigenvalue weighted by Crippen LogP contribution is 2.25. The van der Waals surface area contributed by atoms with E-state index in [9.17, 15) is 4.39 Å². The quantitative estimate of drug-likeness (QED) is 0.655. The number of halogens is 1. The Morgan fingerprint density at radius 1 is 1.55 bits per heavy atom. The molecule has 0 aliphatic carbocycles. The van der Waals surface area contributed by atoms with Gasteiger partial charge >= 0.3 is 0 Å². The molecule has 1 aromatic rings. The van der Waals surface area contributed by atoms with Crippen LogP contribution in [0, 0.1) is 5.82 Å². The van der Waals surface area contributed by atoms with E-state index in [4.69, 9.17) is 5.11 Å². The molecule has 0 aromatic heterocycles. The molecule has 1 rings (SSSR count). The van der Waals surface area contributed by atoms with Crippen LogP contribution in [0.3, 0.4) is 0 Å². The van der Waals surface area contributed by atoms with Crippen LogP contribution < -0.4 is 0 Å². The standard InChI is InChI=1S/C9H9FO/c1-6(2)9-7(10)4-3-5-8(9)11/h3-5,11H,1H2,2H3. The highest BCUT2D eigenvalue weighted by atomic mass is 19.1. The van der Waals surface area contributed by atoms with E-state index in [1.165, 1.54) is 18.2 Å². The Morgan fingerprint density at radius 3 is 2.55 bits per heavy atom. The lowest BCUT2D eigenvalue weighted by Gasteiger charge is -2.03. The first-order chi connectivity index (χ1) is 5.13. The second-order valence-electron chi connectivity index (χ2n) is 2.41. The number of benzene rings is 1. The number of aromatic hydroxyl groups is 1. The molecule has 0 saturated heterocycles. The molecule has 1 N–H and O–H groups in total. The van der Waals surface area contributed by atoms with E-state index in [0.29, 0.717) is 5.57 Å². The predicted octanol–water partition coefficient (Wildman–Crippen LogP) is 2.56. The summed E-state index contributed by atoms with van der Waals surface area (Å²) < 4.78 is 12.9. The molecular weight excluding hydrogens is 143 g/mol. The molecule has 0 spiro atoms. The zero-order valence-electron chi connectivity index (χ0n) is 6.26. The maximum absolute atomic E-state index is 12.9. The fourth-order valence-electron chi connectivity index (χ4n) is 0.935. The Balaban J connectivity index is 3.32. The molecule has 0 atom stereocenters. The van der Waals surface area contributed by atoms with Gasteiger partial charge < -0.3 is 5.11 Å². The lowest BCUT2D eigenvalue weighted by atomic mass is 10.1. The van der Waals surface area contributed by atoms with Gasteiger partial charge in [0.2, 0.25) is 0 Å². The van der Waals surface area contributed by atoms with E-state index >= 15 is 0 Å². The van der Waals surface area contributed by atoms with Crippen LogP contribution in [0.15, 0.2) is 24.8 Å². The molecule has 58 valence electrons. The van der Waals surface area contributed by atoms with E-state index in [-0.39, 0.29) is 11.3 Å². The van der Waals surface area contributed by atoms with Crippen molar-refractivity contribution in [1.82, 2.24) is 0 Å². The summed E-state index contributed by atoms with van der Waals surface area (Å²) in [6, 6.07) is 4.19. The first-order valence-electron chi connectivity index (χ1n) is 3.26. The molecular formula is C9H9FO. The Labute approximate surface area is 64.8 Å². The fourth-order valence-corrected chi connectivity index (χ4v) is 0.935. The van der Waals surface area contributed by atoms with Gasteiger partial charge in [0.05, 0.1) is 5.56 Å². The van der Waals surface area contributed by atoms with Crippen molar-refractivity contribution in [3.05, 3.63) is 36.2 Å². The Morgan fingerprint density at radius 2 is 2.18 bits per heavy atom. The van der Waals surface area contributed by atoms with Gasteiger partial charge in [-0.05, 0) is 24.6 Å². The number of phenolic OH excluding ortho intramolecular Hbond substituents is 1. The molecule has 1 nitrogen and oxygen atoms in total. The lowest BCUT2D eigenvalue weighted by molar-refractivity contribution is 0.466. The molecule has 2 heteroatoms. The first-order valence-corrected chi connectivity index (χ1v) is 3.26. The smallest absolute Gasteiger partial charge is 0.134 e. The van der Waals surface area contributed by atoms with Gasteiger partial charge in [-0.3, -0.25) is 0 Å². The summed E-state index contributed by atoms with van der Waals surface area (Å²) >= 11 is 0. The lowest BCUT2D eigenvalue weighted by Crippen LogP contribution is -1.85. The van der Waals surface area contributed by atoms with Crippen molar-refractivity contribution < 1.29 is 9.50 Å². The van der Waals surface area contributed by atoms with Crippen molar-refractivity contribution in [2.24, 2.45) is 0 Å². The van der Waals surface area contributed by atoms with Gasteiger partial charge in [-0.2, -0.15) is 0 Å². The van der Waals surface area contributed by atoms with Crippen LogP contribution >= 0.6 is 0 Å². The van der Waals surface area contributed by atoms with E-state index < -0.39 is 5.82 Å². The third-order valence-electron chi connectivity index (χ3n) is 1.42. The van der Waals surface area contributed by atoms with Crippen molar-refractivity contribution in [3.8, 4) is 5.75 Å². The molecule has 0 heterocycles. The number of phenols is 1. The number of hydrogen-bond donors (Lipinski definition) is 1. The van der Waals surface area contributed by atoms with Crippen molar-refractivity contribution in [2.75, 3.05) is 0 Å². The van der Waals surface area contributed by atoms with Crippen molar-refractivity contribution in [1.29, 1.82) is 0 Å². The summed E-state index contributed by atoms with van der Waals surface area (Å²) in [5.74, 6) is -0.491. The van der Waals surface area contributed by atoms with Crippen LogP contribution in [-0.2, 0) is 0 Å². The van der Waals surface area contributed by atoms with Gasteiger partial charge in [0.1, 0.15) is 11.6 Å². The Hall–Kier alpha value is -1.31. The largest absolute Gasteiger partial charge is 0.507 e. The third-order valence-corrected chi connectivity index (χ3v) is 1.42. The topological polar surface area (TPSA) is 20.2 Å². The highest BCUT2D eigenvalue weighted by molar-refractivity contribution is 5.67. The van der Waals surface area contributed by atoms with Crippen molar-refractivity contribution in [3.63, 3.8) is 0 Å².